The van der Waals surface area contributed by atoms with Crippen LogP contribution in [-0.2, 0) is 36.8 Å². The summed E-state index contributed by atoms with van der Waals surface area (Å²) in [4.78, 5) is 56.4. The predicted octanol–water partition coefficient (Wildman–Crippen LogP) is -3.62. The number of phosphoric ester groups is 2. The molecule has 2 unspecified atom stereocenters. The van der Waals surface area contributed by atoms with Gasteiger partial charge in [-0.1, -0.05) is 0 Å². The van der Waals surface area contributed by atoms with Crippen LogP contribution in [0.5, 0.6) is 0 Å². The largest absolute Gasteiger partial charge is 0.483 e. The van der Waals surface area contributed by atoms with E-state index in [4.69, 9.17) is 14.0 Å². The molecule has 2 fully saturated rings. The number of aromatic nitrogens is 2. The Bertz CT molecular complexity index is 1220. The van der Waals surface area contributed by atoms with Crippen molar-refractivity contribution in [3.8, 4) is 0 Å². The van der Waals surface area contributed by atoms with Gasteiger partial charge in [-0.15, -0.1) is 0 Å². The standard InChI is InChI=1S/C17H27N3O16P2/c1-6-11(23)13(25)10(18-7(2)21)16(33-6)35-38(30,31)36-37(28,29)32-5-8-12(24)14(26)15(34-8)20-4-3-9(22)19-17(20)27/h3-4,6,8,10-16,23-26H,5H2,1-2H3,(H,18,21)(H,28,29)(H,30,31)(H,19,22,27)/t6-,8+,10+,11-,12+,13-,14+,15+,16+/m0/s1. The molecule has 1 aromatic rings. The van der Waals surface area contributed by atoms with Crippen LogP contribution >= 0.6 is 15.6 Å². The molecule has 0 saturated carbocycles. The van der Waals surface area contributed by atoms with Crippen LogP contribution in [0.4, 0.5) is 0 Å². The highest BCUT2D eigenvalue weighted by Gasteiger charge is 2.49. The summed E-state index contributed by atoms with van der Waals surface area (Å²) in [7, 11) is -11.0. The highest BCUT2D eigenvalue weighted by molar-refractivity contribution is 7.61. The Hall–Kier alpha value is -1.83. The first-order valence-electron chi connectivity index (χ1n) is 10.8. The number of nitrogens with zero attached hydrogens (tertiary/aromatic N) is 1. The Morgan fingerprint density at radius 3 is 2.34 bits per heavy atom. The summed E-state index contributed by atoms with van der Waals surface area (Å²) in [5, 5.41) is 42.6. The molecule has 3 heterocycles. The van der Waals surface area contributed by atoms with E-state index in [-0.39, 0.29) is 0 Å². The van der Waals surface area contributed by atoms with Crippen molar-refractivity contribution < 1.29 is 67.0 Å². The minimum atomic E-state index is -5.53. The molecule has 1 amide bonds. The lowest BCUT2D eigenvalue weighted by Gasteiger charge is -2.41. The first-order chi connectivity index (χ1) is 17.5. The summed E-state index contributed by atoms with van der Waals surface area (Å²) in [6, 6.07) is -0.645. The molecule has 0 aromatic carbocycles. The number of nitrogens with one attached hydrogen (secondary N) is 2. The first kappa shape index (κ1) is 30.7. The summed E-state index contributed by atoms with van der Waals surface area (Å²) in [6.45, 7) is 1.30. The van der Waals surface area contributed by atoms with Gasteiger partial charge >= 0.3 is 21.3 Å². The average molecular weight is 591 g/mol. The number of hydrogen-bond acceptors (Lipinski definition) is 14. The maximum Gasteiger partial charge on any atom is 0.483 e. The molecule has 0 radical (unpaired) electrons. The lowest BCUT2D eigenvalue weighted by molar-refractivity contribution is -0.236. The molecule has 0 aliphatic carbocycles. The predicted molar refractivity (Wildman–Crippen MR) is 119 cm³/mol. The van der Waals surface area contributed by atoms with E-state index in [0.29, 0.717) is 0 Å². The second kappa shape index (κ2) is 11.7. The number of aliphatic hydroxyl groups excluding tert-OH is 4. The van der Waals surface area contributed by atoms with Gasteiger partial charge in [-0.25, -0.2) is 13.9 Å². The van der Waals surface area contributed by atoms with Crippen molar-refractivity contribution in [3.05, 3.63) is 33.1 Å². The van der Waals surface area contributed by atoms with Crippen LogP contribution < -0.4 is 16.6 Å². The zero-order valence-corrected chi connectivity index (χ0v) is 21.5. The molecule has 2 saturated heterocycles. The van der Waals surface area contributed by atoms with E-state index in [1.165, 1.54) is 6.92 Å². The van der Waals surface area contributed by atoms with E-state index in [0.717, 1.165) is 23.8 Å². The van der Waals surface area contributed by atoms with Gasteiger partial charge in [-0.2, -0.15) is 4.31 Å². The molecule has 8 N–H and O–H groups in total. The Kier molecular flexibility index (Phi) is 9.48. The minimum Gasteiger partial charge on any atom is -0.388 e. The highest BCUT2D eigenvalue weighted by Crippen LogP contribution is 2.61. The third kappa shape index (κ3) is 7.22. The molecule has 0 bridgehead atoms. The van der Waals surface area contributed by atoms with Crippen molar-refractivity contribution in [1.29, 1.82) is 0 Å². The summed E-state index contributed by atoms with van der Waals surface area (Å²) in [5.41, 5.74) is -1.73. The van der Waals surface area contributed by atoms with Gasteiger partial charge in [0.2, 0.25) is 5.91 Å². The molecule has 11 atom stereocenters. The third-order valence-corrected chi connectivity index (χ3v) is 8.12. The number of H-pyrrole nitrogens is 1. The molecule has 38 heavy (non-hydrogen) atoms. The monoisotopic (exact) mass is 591 g/mol. The molecule has 2 aliphatic heterocycles. The summed E-state index contributed by atoms with van der Waals surface area (Å²) < 4.78 is 49.4. The minimum absolute atomic E-state index is 0.738. The van der Waals surface area contributed by atoms with Crippen LogP contribution in [0.15, 0.2) is 21.9 Å². The van der Waals surface area contributed by atoms with E-state index in [2.05, 4.69) is 14.2 Å². The molecule has 2 aliphatic rings. The maximum atomic E-state index is 12.4. The molecule has 216 valence electrons. The number of aliphatic hydroxyl groups is 4. The maximum absolute atomic E-state index is 12.4. The van der Waals surface area contributed by atoms with Gasteiger partial charge < -0.3 is 45.0 Å². The fraction of sp³-hybridized carbons (Fsp3) is 0.706. The first-order valence-corrected chi connectivity index (χ1v) is 13.8. The Labute approximate surface area is 212 Å². The van der Waals surface area contributed by atoms with Crippen molar-refractivity contribution in [2.75, 3.05) is 6.61 Å². The number of carbonyl (C=O) groups excluding carboxylic acids is 1. The lowest BCUT2D eigenvalue weighted by Crippen LogP contribution is -2.63. The van der Waals surface area contributed by atoms with E-state index in [1.807, 2.05) is 4.98 Å². The smallest absolute Gasteiger partial charge is 0.388 e. The normalized spacial score (nSPS) is 36.8. The van der Waals surface area contributed by atoms with Gasteiger partial charge in [-0.3, -0.25) is 28.2 Å². The third-order valence-electron chi connectivity index (χ3n) is 5.52. The quantitative estimate of drug-likeness (QED) is 0.129. The molecule has 19 nitrogen and oxygen atoms in total. The molecule has 1 aromatic heterocycles. The van der Waals surface area contributed by atoms with E-state index >= 15 is 0 Å². The van der Waals surface area contributed by atoms with Crippen molar-refractivity contribution in [2.45, 2.75) is 69.0 Å². The second-order valence-corrected chi connectivity index (χ2v) is 11.4. The number of rotatable bonds is 9. The molecule has 3 rings (SSSR count). The van der Waals surface area contributed by atoms with E-state index in [1.54, 1.807) is 0 Å². The summed E-state index contributed by atoms with van der Waals surface area (Å²) in [5.74, 6) is -0.738. The molecular weight excluding hydrogens is 564 g/mol. The number of amides is 1. The zero-order chi connectivity index (χ0) is 28.6. The van der Waals surface area contributed by atoms with Gasteiger partial charge in [0, 0.05) is 19.2 Å². The van der Waals surface area contributed by atoms with Crippen LogP contribution in [0.3, 0.4) is 0 Å². The Balaban J connectivity index is 1.64. The fourth-order valence-electron chi connectivity index (χ4n) is 3.70. The number of hydrogen-bond donors (Lipinski definition) is 8. The number of phosphoric acid groups is 2. The SMILES string of the molecule is CC(=O)N[C@H]1[C@@H](OP(=O)(O)OP(=O)(O)OC[C@H]2O[C@@H](n3ccc(=O)[nH]c3=O)[C@H](O)[C@@H]2O)O[C@@H](C)[C@H](O)[C@H]1O. The van der Waals surface area contributed by atoms with Crippen molar-refractivity contribution in [3.63, 3.8) is 0 Å². The van der Waals surface area contributed by atoms with E-state index in [9.17, 15) is 53.7 Å². The average Bonchev–Trinajstić information content (AvgIpc) is 3.06. The van der Waals surface area contributed by atoms with Gasteiger partial charge in [0.1, 0.15) is 36.6 Å². The summed E-state index contributed by atoms with van der Waals surface area (Å²) in [6.07, 6.45) is -12.0. The van der Waals surface area contributed by atoms with Crippen molar-refractivity contribution >= 4 is 21.6 Å². The second-order valence-electron chi connectivity index (χ2n) is 8.40. The zero-order valence-electron chi connectivity index (χ0n) is 19.7. The number of ether oxygens (including phenoxy) is 2. The molecule has 21 heteroatoms. The molecular formula is C17H27N3O16P2. The van der Waals surface area contributed by atoms with Gasteiger partial charge in [0.25, 0.3) is 5.56 Å². The van der Waals surface area contributed by atoms with Crippen LogP contribution in [-0.4, -0.2) is 101 Å². The Morgan fingerprint density at radius 2 is 1.74 bits per heavy atom. The Morgan fingerprint density at radius 1 is 1.08 bits per heavy atom. The summed E-state index contributed by atoms with van der Waals surface area (Å²) >= 11 is 0. The lowest BCUT2D eigenvalue weighted by atomic mass is 9.98. The molecule has 0 spiro atoms. The topological polar surface area (TPSA) is 286 Å². The van der Waals surface area contributed by atoms with Crippen LogP contribution in [0.2, 0.25) is 0 Å². The van der Waals surface area contributed by atoms with Crippen molar-refractivity contribution in [1.82, 2.24) is 14.9 Å². The number of carbonyl (C=O) groups is 1. The van der Waals surface area contributed by atoms with Crippen molar-refractivity contribution in [2.24, 2.45) is 0 Å². The fourth-order valence-corrected chi connectivity index (χ4v) is 5.87. The van der Waals surface area contributed by atoms with Gasteiger partial charge in [0.15, 0.2) is 12.5 Å². The van der Waals surface area contributed by atoms with Crippen LogP contribution in [0.1, 0.15) is 20.1 Å². The van der Waals surface area contributed by atoms with Crippen LogP contribution in [0.25, 0.3) is 0 Å². The van der Waals surface area contributed by atoms with Crippen LogP contribution in [0, 0.1) is 0 Å². The van der Waals surface area contributed by atoms with Gasteiger partial charge in [-0.05, 0) is 6.92 Å². The van der Waals surface area contributed by atoms with E-state index < -0.39 is 94.6 Å². The highest BCUT2D eigenvalue weighted by atomic mass is 31.3. The van der Waals surface area contributed by atoms with Gasteiger partial charge in [0.05, 0.1) is 12.7 Å². The number of aromatic amines is 1.